The van der Waals surface area contributed by atoms with E-state index in [4.69, 9.17) is 17.5 Å². The van der Waals surface area contributed by atoms with Gasteiger partial charge in [0.25, 0.3) is 0 Å². The van der Waals surface area contributed by atoms with Gasteiger partial charge in [0.2, 0.25) is 8.32 Å². The first kappa shape index (κ1) is 53.5. The van der Waals surface area contributed by atoms with Gasteiger partial charge in [0.1, 0.15) is 13.2 Å². The number of ether oxygens (including phenoxy) is 2. The van der Waals surface area contributed by atoms with Crippen molar-refractivity contribution in [2.24, 2.45) is 0 Å². The highest BCUT2D eigenvalue weighted by Crippen LogP contribution is 2.25. The molecule has 0 amide bonds. The highest BCUT2D eigenvalue weighted by molar-refractivity contribution is 7.83. The summed E-state index contributed by atoms with van der Waals surface area (Å²) in [5, 5.41) is 0. The molecule has 0 saturated carbocycles. The zero-order valence-corrected chi connectivity index (χ0v) is 38.2. The predicted octanol–water partition coefficient (Wildman–Crippen LogP) is 13.8. The molecule has 324 valence electrons. The smallest absolute Gasteiger partial charge is 0.390 e. The summed E-state index contributed by atoms with van der Waals surface area (Å²) < 4.78 is 47.4. The molecule has 0 rings (SSSR count). The van der Waals surface area contributed by atoms with Gasteiger partial charge in [-0.25, -0.2) is 4.18 Å². The molecule has 1 atom stereocenters. The Hall–Kier alpha value is -1.49. The summed E-state index contributed by atoms with van der Waals surface area (Å²) in [6.07, 6.45) is 39.2. The highest BCUT2D eigenvalue weighted by atomic mass is 32.3. The lowest BCUT2D eigenvalue weighted by Gasteiger charge is -2.26. The van der Waals surface area contributed by atoms with Crippen molar-refractivity contribution in [1.29, 1.82) is 0 Å². The van der Waals surface area contributed by atoms with Crippen molar-refractivity contribution in [3.8, 4) is 0 Å². The Bertz CT molecular complexity index is 1050. The van der Waals surface area contributed by atoms with Crippen LogP contribution in [0.5, 0.6) is 0 Å². The molecule has 0 aliphatic heterocycles. The van der Waals surface area contributed by atoms with Crippen LogP contribution in [0.1, 0.15) is 214 Å². The third-order valence-corrected chi connectivity index (χ3v) is 17.2. The van der Waals surface area contributed by atoms with E-state index >= 15 is 0 Å². The van der Waals surface area contributed by atoms with Crippen LogP contribution in [-0.4, -0.2) is 48.0 Å². The third-order valence-electron chi connectivity index (χ3n) is 10.7. The summed E-state index contributed by atoms with van der Waals surface area (Å²) in [6.45, 7) is 9.59. The molecule has 55 heavy (non-hydrogen) atoms. The fourth-order valence-electron chi connectivity index (χ4n) is 6.67. The largest absolute Gasteiger partial charge is 0.462 e. The molecule has 0 unspecified atom stereocenters. The van der Waals surface area contributed by atoms with Crippen LogP contribution in [-0.2, 0) is 37.5 Å². The normalized spacial score (nSPS) is 12.9. The number of unbranched alkanes of at least 4 members (excludes halogenated alkanes) is 22. The van der Waals surface area contributed by atoms with Crippen molar-refractivity contribution >= 4 is 30.7 Å². The molecule has 0 saturated heterocycles. The molecule has 0 radical (unpaired) electrons. The van der Waals surface area contributed by atoms with Crippen LogP contribution in [0, 0.1) is 0 Å². The van der Waals surface area contributed by atoms with Crippen LogP contribution in [0.25, 0.3) is 0 Å². The van der Waals surface area contributed by atoms with Gasteiger partial charge >= 0.3 is 22.3 Å². The van der Waals surface area contributed by atoms with Gasteiger partial charge in [-0.2, -0.15) is 8.42 Å². The molecule has 0 aromatic heterocycles. The van der Waals surface area contributed by atoms with E-state index < -0.39 is 37.4 Å². The molecule has 10 heteroatoms. The second-order valence-corrected chi connectivity index (χ2v) is 21.7. The minimum Gasteiger partial charge on any atom is -0.462 e. The lowest BCUT2D eigenvalue weighted by molar-refractivity contribution is -0.161. The van der Waals surface area contributed by atoms with Gasteiger partial charge in [-0.1, -0.05) is 181 Å². The molecule has 0 bridgehead atoms. The van der Waals surface area contributed by atoms with Crippen molar-refractivity contribution in [2.75, 3.05) is 13.2 Å². The maximum Gasteiger partial charge on any atom is 0.390 e. The van der Waals surface area contributed by atoms with Gasteiger partial charge in [-0.05, 0) is 63.1 Å². The van der Waals surface area contributed by atoms with Gasteiger partial charge < -0.3 is 9.47 Å². The van der Waals surface area contributed by atoms with Gasteiger partial charge in [0.05, 0.1) is 0 Å². The lowest BCUT2D eigenvalue weighted by atomic mass is 10.0. The van der Waals surface area contributed by atoms with Crippen LogP contribution in [0.3, 0.4) is 0 Å². The molecule has 0 aromatic rings. The number of carbonyl (C=O) groups excluding carboxylic acids is 2. The molecule has 0 aromatic carbocycles. The van der Waals surface area contributed by atoms with Crippen LogP contribution in [0.15, 0.2) is 24.3 Å². The highest BCUT2D eigenvalue weighted by Gasteiger charge is 2.36. The Morgan fingerprint density at radius 1 is 0.509 bits per heavy atom. The molecular weight excluding hydrogens is 729 g/mol. The van der Waals surface area contributed by atoms with Gasteiger partial charge in [0, 0.05) is 12.8 Å². The Morgan fingerprint density at radius 3 is 1.38 bits per heavy atom. The summed E-state index contributed by atoms with van der Waals surface area (Å²) in [5.41, 5.74) is 0. The molecule has 0 heterocycles. The number of rotatable bonds is 41. The minimum absolute atomic E-state index is 0.217. The summed E-state index contributed by atoms with van der Waals surface area (Å²) in [6, 6.07) is 1.93. The van der Waals surface area contributed by atoms with Crippen molar-refractivity contribution in [3.63, 3.8) is 0 Å². The second kappa shape index (κ2) is 38.0. The Labute approximate surface area is 341 Å². The number of allylic oxidation sites excluding steroid dienone is 4. The SMILES string of the molecule is CCCCC/C=C\C/C=C\CCCCCCCC(=O)O[C@H](COC(=O)CCCCCCCCCCCCCCCCC)COS(=O)(=O)O[Si](CC)(CC)CC. The summed E-state index contributed by atoms with van der Waals surface area (Å²) in [5.74, 6) is -0.826. The van der Waals surface area contributed by atoms with E-state index in [-0.39, 0.29) is 25.4 Å². The van der Waals surface area contributed by atoms with Gasteiger partial charge in [0.15, 0.2) is 6.10 Å². The number of hydrogen-bond donors (Lipinski definition) is 0. The average Bonchev–Trinajstić information content (AvgIpc) is 3.18. The quantitative estimate of drug-likeness (QED) is 0.0260. The fourth-order valence-corrected chi connectivity index (χ4v) is 11.8. The molecule has 0 N–H and O–H groups in total. The average molecular weight is 815 g/mol. The van der Waals surface area contributed by atoms with E-state index in [9.17, 15) is 18.0 Å². The number of esters is 2. The minimum atomic E-state index is -4.30. The van der Waals surface area contributed by atoms with E-state index in [1.54, 1.807) is 0 Å². The summed E-state index contributed by atoms with van der Waals surface area (Å²) in [7, 11) is -6.80. The molecular formula is C45H86O8SSi. The van der Waals surface area contributed by atoms with Crippen LogP contribution < -0.4 is 0 Å². The van der Waals surface area contributed by atoms with E-state index in [0.717, 1.165) is 57.8 Å². The molecule has 0 aliphatic carbocycles. The van der Waals surface area contributed by atoms with E-state index in [1.165, 1.54) is 103 Å². The summed E-state index contributed by atoms with van der Waals surface area (Å²) in [4.78, 5) is 25.3. The van der Waals surface area contributed by atoms with E-state index in [1.807, 2.05) is 20.8 Å². The molecule has 0 spiro atoms. The topological polar surface area (TPSA) is 105 Å². The van der Waals surface area contributed by atoms with Crippen LogP contribution in [0.4, 0.5) is 0 Å². The Balaban J connectivity index is 4.51. The van der Waals surface area contributed by atoms with Crippen molar-refractivity contribution in [1.82, 2.24) is 0 Å². The first-order chi connectivity index (χ1) is 26.7. The monoisotopic (exact) mass is 815 g/mol. The Morgan fingerprint density at radius 2 is 0.909 bits per heavy atom. The zero-order chi connectivity index (χ0) is 40.7. The standard InChI is InChI=1S/C45H86O8SSi/c1-6-11-13-15-17-19-21-23-25-27-29-31-33-35-37-39-44(46)50-41-43(42-51-54(48,49)53-55(8-3,9-4)10-5)52-45(47)40-38-36-34-32-30-28-26-24-22-20-18-16-14-12-7-2/h18,20,24,26,43H,6-17,19,21-23,25,27-42H2,1-5H3/b20-18-,26-24-/t43-/m1/s1. The number of hydrogen-bond acceptors (Lipinski definition) is 8. The zero-order valence-electron chi connectivity index (χ0n) is 36.4. The molecule has 0 aliphatic rings. The first-order valence-electron chi connectivity index (χ1n) is 22.9. The maximum absolute atomic E-state index is 12.8. The fraction of sp³-hybridized carbons (Fsp3) is 0.867. The van der Waals surface area contributed by atoms with Crippen molar-refractivity contribution in [3.05, 3.63) is 24.3 Å². The van der Waals surface area contributed by atoms with Crippen LogP contribution in [0.2, 0.25) is 18.1 Å². The molecule has 8 nitrogen and oxygen atoms in total. The third kappa shape index (κ3) is 34.3. The maximum atomic E-state index is 12.8. The van der Waals surface area contributed by atoms with Gasteiger partial charge in [-0.3, -0.25) is 13.5 Å². The Kier molecular flexibility index (Phi) is 37.0. The summed E-state index contributed by atoms with van der Waals surface area (Å²) >= 11 is 0. The predicted molar refractivity (Wildman–Crippen MR) is 233 cm³/mol. The first-order valence-corrected chi connectivity index (χ1v) is 26.8. The van der Waals surface area contributed by atoms with Crippen molar-refractivity contribution < 1.29 is 35.5 Å². The number of carbonyl (C=O) groups is 2. The van der Waals surface area contributed by atoms with E-state index in [2.05, 4.69) is 38.2 Å². The van der Waals surface area contributed by atoms with Crippen molar-refractivity contribution in [2.45, 2.75) is 239 Å². The van der Waals surface area contributed by atoms with Crippen LogP contribution >= 0.6 is 0 Å². The van der Waals surface area contributed by atoms with E-state index in [0.29, 0.717) is 24.6 Å². The lowest BCUT2D eigenvalue weighted by Crippen LogP contribution is -2.40. The molecule has 0 fully saturated rings. The second-order valence-electron chi connectivity index (χ2n) is 15.5. The van der Waals surface area contributed by atoms with Gasteiger partial charge in [-0.15, -0.1) is 0 Å².